The minimum Gasteiger partial charge on any atom is -0.494 e. The van der Waals surface area contributed by atoms with Crippen molar-refractivity contribution in [2.24, 2.45) is 7.05 Å². The molecule has 0 spiro atoms. The Labute approximate surface area is 152 Å². The molecule has 3 aromatic rings. The van der Waals surface area contributed by atoms with Crippen LogP contribution < -0.4 is 15.5 Å². The average Bonchev–Trinajstić information content (AvgIpc) is 2.65. The maximum atomic E-state index is 12.8. The summed E-state index contributed by atoms with van der Waals surface area (Å²) < 4.78 is 7.26. The number of nitrogens with zero attached hydrogens (tertiary/aromatic N) is 1. The van der Waals surface area contributed by atoms with Gasteiger partial charge >= 0.3 is 0 Å². The topological polar surface area (TPSA) is 60.3 Å². The van der Waals surface area contributed by atoms with Crippen molar-refractivity contribution in [2.45, 2.75) is 13.3 Å². The third kappa shape index (κ3) is 3.77. The standard InChI is InChI=1S/C21H22N2O3/c1-3-26-16-9-10-19-17(13-16)20(24)18(14-23(19)2)21(25)22-12-11-15-7-5-4-6-8-15/h4-10,13-14H,3,11-12H2,1-2H3,(H,22,25). The lowest BCUT2D eigenvalue weighted by Gasteiger charge is -2.11. The number of hydrogen-bond donors (Lipinski definition) is 1. The zero-order valence-corrected chi connectivity index (χ0v) is 15.0. The van der Waals surface area contributed by atoms with Crippen LogP contribution in [0.15, 0.2) is 59.5 Å². The molecule has 5 nitrogen and oxygen atoms in total. The monoisotopic (exact) mass is 350 g/mol. The Morgan fingerprint density at radius 1 is 1.15 bits per heavy atom. The number of fused-ring (bicyclic) bond motifs is 1. The van der Waals surface area contributed by atoms with Gasteiger partial charge in [-0.05, 0) is 37.1 Å². The number of carbonyl (C=O) groups excluding carboxylic acids is 1. The van der Waals surface area contributed by atoms with Gasteiger partial charge in [0.15, 0.2) is 0 Å². The molecule has 0 fully saturated rings. The van der Waals surface area contributed by atoms with Gasteiger partial charge in [0.25, 0.3) is 5.91 Å². The lowest BCUT2D eigenvalue weighted by atomic mass is 10.1. The van der Waals surface area contributed by atoms with Gasteiger partial charge in [-0.3, -0.25) is 9.59 Å². The number of aromatic nitrogens is 1. The second kappa shape index (κ2) is 7.87. The number of nitrogens with one attached hydrogen (secondary N) is 1. The van der Waals surface area contributed by atoms with Crippen LogP contribution in [0.5, 0.6) is 5.75 Å². The number of hydrogen-bond acceptors (Lipinski definition) is 3. The number of amides is 1. The molecule has 0 aliphatic carbocycles. The highest BCUT2D eigenvalue weighted by molar-refractivity contribution is 5.97. The van der Waals surface area contributed by atoms with Gasteiger partial charge in [-0.1, -0.05) is 30.3 Å². The van der Waals surface area contributed by atoms with E-state index in [0.29, 0.717) is 24.3 Å². The molecule has 0 saturated heterocycles. The van der Waals surface area contributed by atoms with Crippen LogP contribution in [0, 0.1) is 0 Å². The van der Waals surface area contributed by atoms with Crippen molar-refractivity contribution in [3.05, 3.63) is 76.1 Å². The average molecular weight is 350 g/mol. The number of carbonyl (C=O) groups is 1. The van der Waals surface area contributed by atoms with Crippen LogP contribution in [0.4, 0.5) is 0 Å². The van der Waals surface area contributed by atoms with Crippen LogP contribution in [0.1, 0.15) is 22.8 Å². The molecular weight excluding hydrogens is 328 g/mol. The minimum absolute atomic E-state index is 0.140. The van der Waals surface area contributed by atoms with Crippen molar-refractivity contribution in [3.8, 4) is 5.75 Å². The molecule has 0 aliphatic rings. The number of benzene rings is 2. The largest absolute Gasteiger partial charge is 0.494 e. The highest BCUT2D eigenvalue weighted by Crippen LogP contribution is 2.18. The zero-order valence-electron chi connectivity index (χ0n) is 15.0. The van der Waals surface area contributed by atoms with E-state index >= 15 is 0 Å². The van der Waals surface area contributed by atoms with Crippen molar-refractivity contribution < 1.29 is 9.53 Å². The summed E-state index contributed by atoms with van der Waals surface area (Å²) in [5, 5.41) is 3.32. The van der Waals surface area contributed by atoms with E-state index in [1.165, 1.54) is 0 Å². The Morgan fingerprint density at radius 3 is 2.65 bits per heavy atom. The molecule has 1 N–H and O–H groups in total. The molecule has 0 unspecified atom stereocenters. The molecule has 1 aromatic heterocycles. The van der Waals surface area contributed by atoms with E-state index < -0.39 is 0 Å². The van der Waals surface area contributed by atoms with Gasteiger partial charge in [-0.25, -0.2) is 0 Å². The summed E-state index contributed by atoms with van der Waals surface area (Å²) in [5.74, 6) is 0.268. The van der Waals surface area contributed by atoms with E-state index in [0.717, 1.165) is 17.5 Å². The van der Waals surface area contributed by atoms with Crippen LogP contribution in [0.25, 0.3) is 10.9 Å². The lowest BCUT2D eigenvalue weighted by Crippen LogP contribution is -2.31. The third-order valence-corrected chi connectivity index (χ3v) is 4.26. The van der Waals surface area contributed by atoms with Crippen LogP contribution >= 0.6 is 0 Å². The number of pyridine rings is 1. The Bertz CT molecular complexity index is 978. The van der Waals surface area contributed by atoms with Crippen LogP contribution in [0.3, 0.4) is 0 Å². The molecular formula is C21H22N2O3. The summed E-state index contributed by atoms with van der Waals surface area (Å²) >= 11 is 0. The fourth-order valence-electron chi connectivity index (χ4n) is 2.95. The lowest BCUT2D eigenvalue weighted by molar-refractivity contribution is 0.0952. The predicted molar refractivity (Wildman–Crippen MR) is 103 cm³/mol. The normalized spacial score (nSPS) is 10.7. The number of rotatable bonds is 6. The fourth-order valence-corrected chi connectivity index (χ4v) is 2.95. The third-order valence-electron chi connectivity index (χ3n) is 4.26. The van der Waals surface area contributed by atoms with E-state index in [-0.39, 0.29) is 16.9 Å². The first-order chi connectivity index (χ1) is 12.6. The molecule has 26 heavy (non-hydrogen) atoms. The van der Waals surface area contributed by atoms with Crippen molar-refractivity contribution in [3.63, 3.8) is 0 Å². The molecule has 0 aliphatic heterocycles. The van der Waals surface area contributed by atoms with Gasteiger partial charge in [0.05, 0.1) is 17.5 Å². The van der Waals surface area contributed by atoms with Crippen molar-refractivity contribution in [2.75, 3.05) is 13.2 Å². The molecule has 0 saturated carbocycles. The van der Waals surface area contributed by atoms with Crippen molar-refractivity contribution in [1.82, 2.24) is 9.88 Å². The van der Waals surface area contributed by atoms with Crippen molar-refractivity contribution >= 4 is 16.8 Å². The number of ether oxygens (including phenoxy) is 1. The zero-order chi connectivity index (χ0) is 18.5. The van der Waals surface area contributed by atoms with Gasteiger partial charge in [0.2, 0.25) is 5.43 Å². The van der Waals surface area contributed by atoms with E-state index in [2.05, 4.69) is 5.32 Å². The second-order valence-corrected chi connectivity index (χ2v) is 6.09. The Kier molecular flexibility index (Phi) is 5.37. The molecule has 134 valence electrons. The molecule has 0 bridgehead atoms. The summed E-state index contributed by atoms with van der Waals surface area (Å²) in [6.07, 6.45) is 2.30. The SMILES string of the molecule is CCOc1ccc2c(c1)c(=O)c(C(=O)NCCc1ccccc1)cn2C. The molecule has 1 heterocycles. The quantitative estimate of drug-likeness (QED) is 0.744. The van der Waals surface area contributed by atoms with E-state index in [1.807, 2.05) is 56.4 Å². The maximum Gasteiger partial charge on any atom is 0.256 e. The predicted octanol–water partition coefficient (Wildman–Crippen LogP) is 2.91. The molecule has 1 amide bonds. The number of aryl methyl sites for hydroxylation is 1. The van der Waals surface area contributed by atoms with Gasteiger partial charge in [-0.2, -0.15) is 0 Å². The van der Waals surface area contributed by atoms with Gasteiger partial charge in [-0.15, -0.1) is 0 Å². The van der Waals surface area contributed by atoms with Crippen LogP contribution in [0.2, 0.25) is 0 Å². The van der Waals surface area contributed by atoms with Gasteiger partial charge in [0.1, 0.15) is 11.3 Å². The molecule has 3 rings (SSSR count). The minimum atomic E-state index is -0.356. The maximum absolute atomic E-state index is 12.8. The Balaban J connectivity index is 1.83. The van der Waals surface area contributed by atoms with Gasteiger partial charge < -0.3 is 14.6 Å². The summed E-state index contributed by atoms with van der Waals surface area (Å²) in [6, 6.07) is 15.3. The molecule has 5 heteroatoms. The highest BCUT2D eigenvalue weighted by atomic mass is 16.5. The summed E-state index contributed by atoms with van der Waals surface area (Å²) in [6.45, 7) is 2.88. The van der Waals surface area contributed by atoms with E-state index in [1.54, 1.807) is 16.8 Å². The van der Waals surface area contributed by atoms with Crippen LogP contribution in [-0.4, -0.2) is 23.6 Å². The Morgan fingerprint density at radius 2 is 1.92 bits per heavy atom. The summed E-state index contributed by atoms with van der Waals surface area (Å²) in [7, 11) is 1.82. The first kappa shape index (κ1) is 17.7. The fraction of sp³-hybridized carbons (Fsp3) is 0.238. The molecule has 0 radical (unpaired) electrons. The van der Waals surface area contributed by atoms with E-state index in [9.17, 15) is 9.59 Å². The summed E-state index contributed by atoms with van der Waals surface area (Å²) in [4.78, 5) is 25.3. The first-order valence-electron chi connectivity index (χ1n) is 8.68. The van der Waals surface area contributed by atoms with Gasteiger partial charge in [0, 0.05) is 19.8 Å². The van der Waals surface area contributed by atoms with Crippen LogP contribution in [-0.2, 0) is 13.5 Å². The molecule has 0 atom stereocenters. The highest BCUT2D eigenvalue weighted by Gasteiger charge is 2.15. The van der Waals surface area contributed by atoms with E-state index in [4.69, 9.17) is 4.74 Å². The summed E-state index contributed by atoms with van der Waals surface area (Å²) in [5.41, 5.74) is 1.76. The molecule has 2 aromatic carbocycles. The first-order valence-corrected chi connectivity index (χ1v) is 8.68. The second-order valence-electron chi connectivity index (χ2n) is 6.09. The van der Waals surface area contributed by atoms with Crippen molar-refractivity contribution in [1.29, 1.82) is 0 Å². The smallest absolute Gasteiger partial charge is 0.256 e. The Hall–Kier alpha value is -3.08.